The average Bonchev–Trinajstić information content (AvgIpc) is 2.43. The van der Waals surface area contributed by atoms with Crippen molar-refractivity contribution in [1.82, 2.24) is 5.32 Å². The van der Waals surface area contributed by atoms with Gasteiger partial charge in [0, 0.05) is 31.0 Å². The van der Waals surface area contributed by atoms with Gasteiger partial charge < -0.3 is 9.73 Å². The van der Waals surface area contributed by atoms with Crippen molar-refractivity contribution in [2.75, 3.05) is 6.54 Å². The van der Waals surface area contributed by atoms with E-state index < -0.39 is 0 Å². The van der Waals surface area contributed by atoms with Crippen LogP contribution in [0.4, 0.5) is 0 Å². The number of hydrogen-bond donors (Lipinski definition) is 1. The molecule has 2 nitrogen and oxygen atoms in total. The van der Waals surface area contributed by atoms with Crippen LogP contribution in [0.15, 0.2) is 10.5 Å². The monoisotopic (exact) mass is 177 g/mol. The third kappa shape index (κ3) is 1.20. The quantitative estimate of drug-likeness (QED) is 0.711. The summed E-state index contributed by atoms with van der Waals surface area (Å²) in [7, 11) is 0. The molecule has 1 aromatic rings. The minimum atomic E-state index is 0.741. The molecule has 1 saturated carbocycles. The Kier molecular flexibility index (Phi) is 1.69. The molecule has 0 saturated heterocycles. The number of hydrogen-bond acceptors (Lipinski definition) is 2. The first kappa shape index (κ1) is 7.63. The largest absolute Gasteiger partial charge is 0.465 e. The maximum absolute atomic E-state index is 5.87. The second-order valence-electron chi connectivity index (χ2n) is 4.15. The minimum absolute atomic E-state index is 0.741. The SMILES string of the molecule is c1c(C2CCC2)oc2c1CNCC2. The molecule has 2 aliphatic rings. The molecule has 70 valence electrons. The van der Waals surface area contributed by atoms with Crippen molar-refractivity contribution in [2.45, 2.75) is 38.1 Å². The van der Waals surface area contributed by atoms with E-state index in [2.05, 4.69) is 11.4 Å². The summed E-state index contributed by atoms with van der Waals surface area (Å²) in [6.07, 6.45) is 5.12. The van der Waals surface area contributed by atoms with Gasteiger partial charge >= 0.3 is 0 Å². The van der Waals surface area contributed by atoms with Gasteiger partial charge in [0.2, 0.25) is 0 Å². The van der Waals surface area contributed by atoms with E-state index in [1.165, 1.54) is 36.3 Å². The lowest BCUT2D eigenvalue weighted by atomic mass is 9.83. The molecule has 13 heavy (non-hydrogen) atoms. The van der Waals surface area contributed by atoms with Crippen molar-refractivity contribution in [2.24, 2.45) is 0 Å². The zero-order valence-electron chi connectivity index (χ0n) is 7.81. The molecule has 1 aliphatic heterocycles. The lowest BCUT2D eigenvalue weighted by Crippen LogP contribution is -2.22. The molecule has 0 amide bonds. The van der Waals surface area contributed by atoms with E-state index in [1.807, 2.05) is 0 Å². The van der Waals surface area contributed by atoms with Crippen LogP contribution in [0.1, 0.15) is 42.3 Å². The summed E-state index contributed by atoms with van der Waals surface area (Å²) in [6.45, 7) is 2.08. The van der Waals surface area contributed by atoms with E-state index in [0.717, 1.165) is 25.4 Å². The molecule has 1 N–H and O–H groups in total. The smallest absolute Gasteiger partial charge is 0.109 e. The van der Waals surface area contributed by atoms with Gasteiger partial charge in [0.05, 0.1) is 0 Å². The second kappa shape index (κ2) is 2.88. The summed E-state index contributed by atoms with van der Waals surface area (Å²) in [5, 5.41) is 3.37. The molecule has 1 aromatic heterocycles. The van der Waals surface area contributed by atoms with Crippen molar-refractivity contribution < 1.29 is 4.42 Å². The van der Waals surface area contributed by atoms with E-state index in [9.17, 15) is 0 Å². The van der Waals surface area contributed by atoms with Crippen LogP contribution < -0.4 is 5.32 Å². The van der Waals surface area contributed by atoms with Crippen LogP contribution >= 0.6 is 0 Å². The third-order valence-corrected chi connectivity index (χ3v) is 3.27. The molecule has 2 heterocycles. The molecule has 0 spiro atoms. The van der Waals surface area contributed by atoms with Gasteiger partial charge in [-0.25, -0.2) is 0 Å². The molecule has 0 atom stereocenters. The number of nitrogens with one attached hydrogen (secondary N) is 1. The van der Waals surface area contributed by atoms with Crippen LogP contribution in [0, 0.1) is 0 Å². The summed E-state index contributed by atoms with van der Waals surface area (Å²) in [4.78, 5) is 0. The van der Waals surface area contributed by atoms with E-state index in [4.69, 9.17) is 4.42 Å². The zero-order valence-corrected chi connectivity index (χ0v) is 7.81. The molecule has 1 fully saturated rings. The van der Waals surface area contributed by atoms with E-state index in [1.54, 1.807) is 0 Å². The fourth-order valence-electron chi connectivity index (χ4n) is 2.17. The standard InChI is InChI=1S/C11H15NO/c1-2-8(3-1)11-6-9-7-12-5-4-10(9)13-11/h6,8,12H,1-5,7H2. The number of fused-ring (bicyclic) bond motifs is 1. The van der Waals surface area contributed by atoms with E-state index in [0.29, 0.717) is 0 Å². The Morgan fingerprint density at radius 1 is 1.38 bits per heavy atom. The van der Waals surface area contributed by atoms with Gasteiger partial charge in [0.15, 0.2) is 0 Å². The van der Waals surface area contributed by atoms with Gasteiger partial charge in [0.1, 0.15) is 11.5 Å². The van der Waals surface area contributed by atoms with Gasteiger partial charge in [-0.05, 0) is 18.9 Å². The fourth-order valence-corrected chi connectivity index (χ4v) is 2.17. The van der Waals surface area contributed by atoms with Gasteiger partial charge in [-0.15, -0.1) is 0 Å². The Morgan fingerprint density at radius 2 is 2.31 bits per heavy atom. The summed E-state index contributed by atoms with van der Waals surface area (Å²) in [5.74, 6) is 3.23. The first-order valence-electron chi connectivity index (χ1n) is 5.25. The Labute approximate surface area is 78.3 Å². The zero-order chi connectivity index (χ0) is 8.67. The first-order chi connectivity index (χ1) is 6.43. The molecule has 3 rings (SSSR count). The van der Waals surface area contributed by atoms with Crippen LogP contribution in [0.5, 0.6) is 0 Å². The predicted molar refractivity (Wildman–Crippen MR) is 50.7 cm³/mol. The first-order valence-corrected chi connectivity index (χ1v) is 5.25. The molecule has 0 aromatic carbocycles. The summed E-state index contributed by atoms with van der Waals surface area (Å²) >= 11 is 0. The van der Waals surface area contributed by atoms with E-state index in [-0.39, 0.29) is 0 Å². The van der Waals surface area contributed by atoms with Crippen LogP contribution in [-0.4, -0.2) is 6.54 Å². The van der Waals surface area contributed by atoms with Crippen LogP contribution in [0.25, 0.3) is 0 Å². The predicted octanol–water partition coefficient (Wildman–Crippen LogP) is 2.19. The highest BCUT2D eigenvalue weighted by molar-refractivity contribution is 5.26. The molecule has 0 unspecified atom stereocenters. The minimum Gasteiger partial charge on any atom is -0.465 e. The van der Waals surface area contributed by atoms with Gasteiger partial charge in [-0.3, -0.25) is 0 Å². The summed E-state index contributed by atoms with van der Waals surface area (Å²) < 4.78 is 5.87. The van der Waals surface area contributed by atoms with Crippen LogP contribution in [-0.2, 0) is 13.0 Å². The lowest BCUT2D eigenvalue weighted by Gasteiger charge is -2.22. The van der Waals surface area contributed by atoms with Crippen molar-refractivity contribution in [3.63, 3.8) is 0 Å². The van der Waals surface area contributed by atoms with E-state index >= 15 is 0 Å². The molecular weight excluding hydrogens is 162 g/mol. The average molecular weight is 177 g/mol. The van der Waals surface area contributed by atoms with Crippen molar-refractivity contribution in [3.05, 3.63) is 23.2 Å². The lowest BCUT2D eigenvalue weighted by molar-refractivity contribution is 0.333. The Balaban J connectivity index is 1.90. The Hall–Kier alpha value is -0.760. The molecule has 1 aliphatic carbocycles. The highest BCUT2D eigenvalue weighted by Crippen LogP contribution is 2.38. The molecule has 0 radical (unpaired) electrons. The van der Waals surface area contributed by atoms with Crippen molar-refractivity contribution in [3.8, 4) is 0 Å². The normalized spacial score (nSPS) is 22.5. The summed E-state index contributed by atoms with van der Waals surface area (Å²) in [6, 6.07) is 2.27. The van der Waals surface area contributed by atoms with Crippen LogP contribution in [0.2, 0.25) is 0 Å². The number of furan rings is 1. The highest BCUT2D eigenvalue weighted by atomic mass is 16.3. The van der Waals surface area contributed by atoms with Crippen LogP contribution in [0.3, 0.4) is 0 Å². The van der Waals surface area contributed by atoms with Crippen molar-refractivity contribution >= 4 is 0 Å². The second-order valence-corrected chi connectivity index (χ2v) is 4.15. The van der Waals surface area contributed by atoms with Gasteiger partial charge in [-0.2, -0.15) is 0 Å². The Bertz CT molecular complexity index is 288. The molecule has 0 bridgehead atoms. The highest BCUT2D eigenvalue weighted by Gasteiger charge is 2.25. The fraction of sp³-hybridized carbons (Fsp3) is 0.636. The molecule has 2 heteroatoms. The topological polar surface area (TPSA) is 25.2 Å². The van der Waals surface area contributed by atoms with Gasteiger partial charge in [-0.1, -0.05) is 6.42 Å². The maximum Gasteiger partial charge on any atom is 0.109 e. The maximum atomic E-state index is 5.87. The summed E-state index contributed by atoms with van der Waals surface area (Å²) in [5.41, 5.74) is 1.40. The number of rotatable bonds is 1. The van der Waals surface area contributed by atoms with Crippen molar-refractivity contribution in [1.29, 1.82) is 0 Å². The van der Waals surface area contributed by atoms with Gasteiger partial charge in [0.25, 0.3) is 0 Å². The molecular formula is C11H15NO. The third-order valence-electron chi connectivity index (χ3n) is 3.27. The Morgan fingerprint density at radius 3 is 3.00 bits per heavy atom.